The molecule has 0 amide bonds. The minimum Gasteiger partial charge on any atom is -0.477 e. The summed E-state index contributed by atoms with van der Waals surface area (Å²) in [5.74, 6) is -3.06. The summed E-state index contributed by atoms with van der Waals surface area (Å²) in [6.07, 6.45) is 1.14. The number of aromatic carboxylic acids is 1. The van der Waals surface area contributed by atoms with E-state index < -0.39 is 27.7 Å². The van der Waals surface area contributed by atoms with Crippen molar-refractivity contribution in [1.29, 1.82) is 0 Å². The van der Waals surface area contributed by atoms with Crippen molar-refractivity contribution in [1.82, 2.24) is 4.98 Å². The minimum absolute atomic E-state index is 0.00584. The van der Waals surface area contributed by atoms with Crippen molar-refractivity contribution in [3.8, 4) is 0 Å². The molecule has 98 valence electrons. The summed E-state index contributed by atoms with van der Waals surface area (Å²) >= 11 is 0. The van der Waals surface area contributed by atoms with Gasteiger partial charge in [0.25, 0.3) is 0 Å². The van der Waals surface area contributed by atoms with E-state index in [-0.39, 0.29) is 11.4 Å². The van der Waals surface area contributed by atoms with E-state index in [0.29, 0.717) is 0 Å². The molecule has 0 bridgehead atoms. The van der Waals surface area contributed by atoms with E-state index in [1.165, 1.54) is 6.07 Å². The average Bonchev–Trinajstić information content (AvgIpc) is 2.27. The van der Waals surface area contributed by atoms with E-state index in [0.717, 1.165) is 19.4 Å². The lowest BCUT2D eigenvalue weighted by molar-refractivity contribution is -0.137. The van der Waals surface area contributed by atoms with Crippen LogP contribution >= 0.6 is 0 Å². The van der Waals surface area contributed by atoms with Gasteiger partial charge in [0.2, 0.25) is 10.0 Å². The minimum atomic E-state index is -3.93. The van der Waals surface area contributed by atoms with Crippen LogP contribution in [0.25, 0.3) is 0 Å². The van der Waals surface area contributed by atoms with Gasteiger partial charge < -0.3 is 9.84 Å². The van der Waals surface area contributed by atoms with Crippen molar-refractivity contribution in [3.05, 3.63) is 24.0 Å². The number of esters is 1. The molecule has 0 aliphatic rings. The van der Waals surface area contributed by atoms with Crippen LogP contribution in [0.4, 0.5) is 5.69 Å². The van der Waals surface area contributed by atoms with Gasteiger partial charge >= 0.3 is 11.9 Å². The zero-order valence-corrected chi connectivity index (χ0v) is 10.1. The van der Waals surface area contributed by atoms with E-state index in [4.69, 9.17) is 5.11 Å². The standard InChI is InChI=1S/C9H10N2O6S/c1-17-8(12)5-18(15,16)11-6-2-3-10-7(4-6)9(13)14/h2-4H,5H2,1H3,(H,10,11)(H,13,14). The van der Waals surface area contributed by atoms with Crippen LogP contribution in [0, 0.1) is 0 Å². The maximum Gasteiger partial charge on any atom is 0.354 e. The number of carboxylic acids is 1. The fourth-order valence-corrected chi connectivity index (χ4v) is 2.03. The molecule has 0 fully saturated rings. The van der Waals surface area contributed by atoms with Crippen molar-refractivity contribution >= 4 is 27.6 Å². The second kappa shape index (κ2) is 5.45. The van der Waals surface area contributed by atoms with Crippen molar-refractivity contribution in [2.24, 2.45) is 0 Å². The number of carbonyl (C=O) groups is 2. The SMILES string of the molecule is COC(=O)CS(=O)(=O)Nc1ccnc(C(=O)O)c1. The first-order valence-electron chi connectivity index (χ1n) is 4.61. The fourth-order valence-electron chi connectivity index (χ4n) is 1.04. The van der Waals surface area contributed by atoms with Crippen LogP contribution in [-0.2, 0) is 19.6 Å². The zero-order chi connectivity index (χ0) is 13.8. The van der Waals surface area contributed by atoms with Gasteiger partial charge in [-0.05, 0) is 12.1 Å². The lowest BCUT2D eigenvalue weighted by atomic mass is 10.3. The van der Waals surface area contributed by atoms with Crippen molar-refractivity contribution in [2.75, 3.05) is 17.6 Å². The van der Waals surface area contributed by atoms with Gasteiger partial charge in [-0.25, -0.2) is 18.2 Å². The Morgan fingerprint density at radius 3 is 2.72 bits per heavy atom. The van der Waals surface area contributed by atoms with Crippen LogP contribution in [-0.4, -0.2) is 43.3 Å². The summed E-state index contributed by atoms with van der Waals surface area (Å²) < 4.78 is 29.2. The summed E-state index contributed by atoms with van der Waals surface area (Å²) in [6, 6.07) is 2.30. The number of sulfonamides is 1. The molecule has 1 rings (SSSR count). The number of nitrogens with zero attached hydrogens (tertiary/aromatic N) is 1. The highest BCUT2D eigenvalue weighted by Crippen LogP contribution is 2.10. The third-order valence-corrected chi connectivity index (χ3v) is 2.95. The highest BCUT2D eigenvalue weighted by atomic mass is 32.2. The van der Waals surface area contributed by atoms with Crippen LogP contribution in [0.5, 0.6) is 0 Å². The first-order chi connectivity index (χ1) is 8.34. The van der Waals surface area contributed by atoms with Gasteiger partial charge in [0.1, 0.15) is 5.69 Å². The van der Waals surface area contributed by atoms with E-state index in [2.05, 4.69) is 9.72 Å². The average molecular weight is 274 g/mol. The summed E-state index contributed by atoms with van der Waals surface area (Å²) in [7, 11) is -2.87. The predicted octanol–water partition coefficient (Wildman–Crippen LogP) is -0.306. The Morgan fingerprint density at radius 2 is 2.17 bits per heavy atom. The van der Waals surface area contributed by atoms with Gasteiger partial charge in [0.15, 0.2) is 5.75 Å². The van der Waals surface area contributed by atoms with Crippen molar-refractivity contribution in [2.45, 2.75) is 0 Å². The van der Waals surface area contributed by atoms with Gasteiger partial charge in [-0.3, -0.25) is 9.52 Å². The van der Waals surface area contributed by atoms with E-state index >= 15 is 0 Å². The number of rotatable bonds is 5. The Labute approximate surface area is 103 Å². The second-order valence-electron chi connectivity index (χ2n) is 3.17. The number of anilines is 1. The molecule has 0 radical (unpaired) electrons. The molecule has 0 atom stereocenters. The number of hydrogen-bond acceptors (Lipinski definition) is 6. The molecule has 0 spiro atoms. The highest BCUT2D eigenvalue weighted by Gasteiger charge is 2.17. The molecule has 8 nitrogen and oxygen atoms in total. The molecule has 0 aliphatic heterocycles. The Morgan fingerprint density at radius 1 is 1.50 bits per heavy atom. The second-order valence-corrected chi connectivity index (χ2v) is 4.89. The Bertz CT molecular complexity index is 568. The zero-order valence-electron chi connectivity index (χ0n) is 9.28. The topological polar surface area (TPSA) is 123 Å². The largest absolute Gasteiger partial charge is 0.477 e. The number of carboxylic acid groups (broad SMARTS) is 1. The van der Waals surface area contributed by atoms with E-state index in [1.807, 2.05) is 4.72 Å². The van der Waals surface area contributed by atoms with Gasteiger partial charge in [0, 0.05) is 6.20 Å². The summed E-state index contributed by atoms with van der Waals surface area (Å²) in [5.41, 5.74) is -0.306. The molecule has 2 N–H and O–H groups in total. The van der Waals surface area contributed by atoms with Crippen LogP contribution in [0.15, 0.2) is 18.3 Å². The maximum absolute atomic E-state index is 11.5. The molecule has 9 heteroatoms. The lowest BCUT2D eigenvalue weighted by Gasteiger charge is -2.07. The number of methoxy groups -OCH3 is 1. The Hall–Kier alpha value is -2.16. The molecule has 0 aromatic carbocycles. The Balaban J connectivity index is 2.87. The third-order valence-electron chi connectivity index (χ3n) is 1.79. The quantitative estimate of drug-likeness (QED) is 0.706. The molecule has 1 heterocycles. The van der Waals surface area contributed by atoms with Crippen LogP contribution in [0.2, 0.25) is 0 Å². The molecule has 0 aliphatic carbocycles. The lowest BCUT2D eigenvalue weighted by Crippen LogP contribution is -2.23. The monoisotopic (exact) mass is 274 g/mol. The number of hydrogen-bond donors (Lipinski definition) is 2. The molecular weight excluding hydrogens is 264 g/mol. The molecule has 18 heavy (non-hydrogen) atoms. The Kier molecular flexibility index (Phi) is 4.21. The number of aromatic nitrogens is 1. The molecule has 1 aromatic heterocycles. The maximum atomic E-state index is 11.5. The van der Waals surface area contributed by atoms with Crippen LogP contribution in [0.1, 0.15) is 10.5 Å². The first-order valence-corrected chi connectivity index (χ1v) is 6.26. The molecule has 1 aromatic rings. The van der Waals surface area contributed by atoms with Crippen molar-refractivity contribution in [3.63, 3.8) is 0 Å². The van der Waals surface area contributed by atoms with E-state index in [9.17, 15) is 18.0 Å². The predicted molar refractivity (Wildman–Crippen MR) is 60.6 cm³/mol. The number of nitrogens with one attached hydrogen (secondary N) is 1. The van der Waals surface area contributed by atoms with Gasteiger partial charge in [0.05, 0.1) is 12.8 Å². The summed E-state index contributed by atoms with van der Waals surface area (Å²) in [5, 5.41) is 8.68. The molecule has 0 saturated carbocycles. The van der Waals surface area contributed by atoms with Crippen molar-refractivity contribution < 1.29 is 27.9 Å². The van der Waals surface area contributed by atoms with Gasteiger partial charge in [-0.2, -0.15) is 0 Å². The van der Waals surface area contributed by atoms with E-state index in [1.54, 1.807) is 0 Å². The summed E-state index contributed by atoms with van der Waals surface area (Å²) in [4.78, 5) is 25.0. The molecule has 0 unspecified atom stereocenters. The highest BCUT2D eigenvalue weighted by molar-refractivity contribution is 7.93. The van der Waals surface area contributed by atoms with Gasteiger partial charge in [-0.15, -0.1) is 0 Å². The van der Waals surface area contributed by atoms with Crippen LogP contribution in [0.3, 0.4) is 0 Å². The fraction of sp³-hybridized carbons (Fsp3) is 0.222. The number of carbonyl (C=O) groups excluding carboxylic acids is 1. The normalized spacial score (nSPS) is 10.7. The summed E-state index contributed by atoms with van der Waals surface area (Å²) in [6.45, 7) is 0. The smallest absolute Gasteiger partial charge is 0.354 e. The third kappa shape index (κ3) is 4.01. The van der Waals surface area contributed by atoms with Crippen LogP contribution < -0.4 is 4.72 Å². The van der Waals surface area contributed by atoms with Gasteiger partial charge in [-0.1, -0.05) is 0 Å². The number of pyridine rings is 1. The first kappa shape index (κ1) is 13.9. The molecular formula is C9H10N2O6S. The molecule has 0 saturated heterocycles. The number of ether oxygens (including phenoxy) is 1.